The van der Waals surface area contributed by atoms with E-state index in [9.17, 15) is 14.4 Å². The Labute approximate surface area is 198 Å². The van der Waals surface area contributed by atoms with Crippen molar-refractivity contribution < 1.29 is 23.9 Å². The molecule has 8 heteroatoms. The van der Waals surface area contributed by atoms with Gasteiger partial charge in [0.25, 0.3) is 5.91 Å². The number of hydrogen-bond acceptors (Lipinski definition) is 6. The Balaban J connectivity index is 1.65. The first-order chi connectivity index (χ1) is 16.2. The van der Waals surface area contributed by atoms with Gasteiger partial charge in [0.05, 0.1) is 24.2 Å². The first kappa shape index (κ1) is 23.5. The van der Waals surface area contributed by atoms with E-state index in [0.29, 0.717) is 41.7 Å². The van der Waals surface area contributed by atoms with Gasteiger partial charge in [-0.25, -0.2) is 9.59 Å². The molecule has 1 atom stereocenters. The summed E-state index contributed by atoms with van der Waals surface area (Å²) in [6.07, 6.45) is 1.15. The highest BCUT2D eigenvalue weighted by Gasteiger charge is 2.30. The van der Waals surface area contributed by atoms with Crippen LogP contribution in [0.2, 0.25) is 0 Å². The molecule has 0 bridgehead atoms. The standard InChI is InChI=1S/C26H29N3O5/c1-26(2,3)34-25(32)29-14-12-19-20(6-5-7-21(19)29)23(30)28-15-13-27-16-22(28)17-8-10-18(11-9-17)24(31)33-4/h5-12,14,22,27H,13,15-16H2,1-4H3. The van der Waals surface area contributed by atoms with E-state index in [1.54, 1.807) is 42.6 Å². The lowest BCUT2D eigenvalue weighted by Gasteiger charge is -2.37. The Bertz CT molecular complexity index is 1220. The molecule has 8 nitrogen and oxygen atoms in total. The molecule has 34 heavy (non-hydrogen) atoms. The number of methoxy groups -OCH3 is 1. The molecule has 1 fully saturated rings. The van der Waals surface area contributed by atoms with Crippen molar-refractivity contribution in [1.29, 1.82) is 0 Å². The fraction of sp³-hybridized carbons (Fsp3) is 0.346. The Kier molecular flexibility index (Phi) is 6.43. The third-order valence-electron chi connectivity index (χ3n) is 5.77. The van der Waals surface area contributed by atoms with Crippen molar-refractivity contribution in [3.63, 3.8) is 0 Å². The number of piperazine rings is 1. The molecular weight excluding hydrogens is 434 g/mol. The predicted octanol–water partition coefficient (Wildman–Crippen LogP) is 4.00. The van der Waals surface area contributed by atoms with Gasteiger partial charge in [-0.15, -0.1) is 0 Å². The number of rotatable bonds is 3. The molecule has 2 heterocycles. The Morgan fingerprint density at radius 2 is 1.76 bits per heavy atom. The minimum absolute atomic E-state index is 0.115. The number of aromatic nitrogens is 1. The van der Waals surface area contributed by atoms with E-state index < -0.39 is 17.7 Å². The molecule has 0 aliphatic carbocycles. The number of carbonyl (C=O) groups is 3. The Morgan fingerprint density at radius 3 is 2.44 bits per heavy atom. The Morgan fingerprint density at radius 1 is 1.03 bits per heavy atom. The lowest BCUT2D eigenvalue weighted by atomic mass is 9.99. The SMILES string of the molecule is COC(=O)c1ccc(C2CNCCN2C(=O)c2cccc3c2ccn3C(=O)OC(C)(C)C)cc1. The average Bonchev–Trinajstić information content (AvgIpc) is 3.27. The summed E-state index contributed by atoms with van der Waals surface area (Å²) in [7, 11) is 1.35. The molecule has 4 rings (SSSR count). The number of ether oxygens (including phenoxy) is 2. The minimum atomic E-state index is -0.626. The molecule has 178 valence electrons. The van der Waals surface area contributed by atoms with Crippen LogP contribution in [0, 0.1) is 0 Å². The molecule has 1 unspecified atom stereocenters. The third kappa shape index (κ3) is 4.68. The smallest absolute Gasteiger partial charge is 0.418 e. The molecule has 3 aromatic rings. The van der Waals surface area contributed by atoms with Crippen LogP contribution in [0.4, 0.5) is 4.79 Å². The van der Waals surface area contributed by atoms with E-state index in [4.69, 9.17) is 9.47 Å². The largest absolute Gasteiger partial charge is 0.465 e. The van der Waals surface area contributed by atoms with E-state index in [1.165, 1.54) is 11.7 Å². The maximum Gasteiger partial charge on any atom is 0.418 e. The zero-order chi connectivity index (χ0) is 24.5. The van der Waals surface area contributed by atoms with E-state index in [-0.39, 0.29) is 11.9 Å². The topological polar surface area (TPSA) is 89.9 Å². The van der Waals surface area contributed by atoms with Crippen LogP contribution < -0.4 is 5.32 Å². The zero-order valence-electron chi connectivity index (χ0n) is 19.8. The summed E-state index contributed by atoms with van der Waals surface area (Å²) in [5.41, 5.74) is 1.90. The Hall–Kier alpha value is -3.65. The van der Waals surface area contributed by atoms with Crippen molar-refractivity contribution >= 4 is 28.9 Å². The maximum absolute atomic E-state index is 13.7. The number of nitrogens with zero attached hydrogens (tertiary/aromatic N) is 2. The van der Waals surface area contributed by atoms with Gasteiger partial charge in [0.15, 0.2) is 0 Å². The van der Waals surface area contributed by atoms with Gasteiger partial charge in [0.2, 0.25) is 0 Å². The number of amides is 1. The van der Waals surface area contributed by atoms with Crippen LogP contribution in [0.3, 0.4) is 0 Å². The van der Waals surface area contributed by atoms with Gasteiger partial charge in [-0.05, 0) is 56.7 Å². The van der Waals surface area contributed by atoms with Crippen LogP contribution in [0.25, 0.3) is 10.9 Å². The number of benzene rings is 2. The number of fused-ring (bicyclic) bond motifs is 1. The van der Waals surface area contributed by atoms with Gasteiger partial charge in [-0.1, -0.05) is 18.2 Å². The first-order valence-electron chi connectivity index (χ1n) is 11.2. The molecule has 1 saturated heterocycles. The molecule has 1 aliphatic rings. The quantitative estimate of drug-likeness (QED) is 0.591. The second-order valence-corrected chi connectivity index (χ2v) is 9.24. The third-order valence-corrected chi connectivity index (χ3v) is 5.77. The van der Waals surface area contributed by atoms with Gasteiger partial charge in [-0.2, -0.15) is 0 Å². The molecule has 1 aliphatic heterocycles. The van der Waals surface area contributed by atoms with E-state index in [1.807, 2.05) is 37.8 Å². The molecule has 0 saturated carbocycles. The molecule has 0 spiro atoms. The van der Waals surface area contributed by atoms with Crippen molar-refractivity contribution in [1.82, 2.24) is 14.8 Å². The van der Waals surface area contributed by atoms with Crippen molar-refractivity contribution in [3.05, 3.63) is 71.4 Å². The van der Waals surface area contributed by atoms with Crippen molar-refractivity contribution in [2.75, 3.05) is 26.7 Å². The maximum atomic E-state index is 13.7. The number of carbonyl (C=O) groups excluding carboxylic acids is 3. The second kappa shape index (κ2) is 9.30. The summed E-state index contributed by atoms with van der Waals surface area (Å²) in [5, 5.41) is 4.04. The summed E-state index contributed by atoms with van der Waals surface area (Å²) in [4.78, 5) is 40.0. The number of nitrogens with one attached hydrogen (secondary N) is 1. The summed E-state index contributed by atoms with van der Waals surface area (Å²) < 4.78 is 11.7. The van der Waals surface area contributed by atoms with E-state index >= 15 is 0 Å². The highest BCUT2D eigenvalue weighted by atomic mass is 16.6. The zero-order valence-corrected chi connectivity index (χ0v) is 19.8. The average molecular weight is 464 g/mol. The minimum Gasteiger partial charge on any atom is -0.465 e. The van der Waals surface area contributed by atoms with Gasteiger partial charge >= 0.3 is 12.1 Å². The van der Waals surface area contributed by atoms with Gasteiger partial charge in [-0.3, -0.25) is 9.36 Å². The summed E-state index contributed by atoms with van der Waals surface area (Å²) in [5.74, 6) is -0.515. The summed E-state index contributed by atoms with van der Waals surface area (Å²) >= 11 is 0. The summed E-state index contributed by atoms with van der Waals surface area (Å²) in [6, 6.07) is 14.1. The molecular formula is C26H29N3O5. The first-order valence-corrected chi connectivity index (χ1v) is 11.2. The molecule has 2 aromatic carbocycles. The molecule has 1 amide bonds. The number of hydrogen-bond donors (Lipinski definition) is 1. The van der Waals surface area contributed by atoms with E-state index in [2.05, 4.69) is 5.32 Å². The monoisotopic (exact) mass is 463 g/mol. The van der Waals surface area contributed by atoms with Crippen LogP contribution in [0.5, 0.6) is 0 Å². The van der Waals surface area contributed by atoms with Crippen LogP contribution in [0.1, 0.15) is 53.1 Å². The normalized spacial score (nSPS) is 16.4. The highest BCUT2D eigenvalue weighted by Crippen LogP contribution is 2.28. The predicted molar refractivity (Wildman–Crippen MR) is 128 cm³/mol. The lowest BCUT2D eigenvalue weighted by molar-refractivity contribution is 0.0542. The van der Waals surface area contributed by atoms with Crippen LogP contribution in [-0.4, -0.2) is 59.8 Å². The van der Waals surface area contributed by atoms with Crippen molar-refractivity contribution in [2.24, 2.45) is 0 Å². The fourth-order valence-electron chi connectivity index (χ4n) is 4.18. The van der Waals surface area contributed by atoms with Crippen molar-refractivity contribution in [2.45, 2.75) is 32.4 Å². The van der Waals surface area contributed by atoms with Gasteiger partial charge in [0.1, 0.15) is 5.60 Å². The van der Waals surface area contributed by atoms with Crippen molar-refractivity contribution in [3.8, 4) is 0 Å². The summed E-state index contributed by atoms with van der Waals surface area (Å²) in [6.45, 7) is 7.25. The van der Waals surface area contributed by atoms with Crippen LogP contribution in [-0.2, 0) is 9.47 Å². The highest BCUT2D eigenvalue weighted by molar-refractivity contribution is 6.08. The molecule has 1 aromatic heterocycles. The van der Waals surface area contributed by atoms with E-state index in [0.717, 1.165) is 5.56 Å². The van der Waals surface area contributed by atoms with Crippen LogP contribution in [0.15, 0.2) is 54.7 Å². The molecule has 0 radical (unpaired) electrons. The lowest BCUT2D eigenvalue weighted by Crippen LogP contribution is -2.48. The van der Waals surface area contributed by atoms with Gasteiger partial charge < -0.3 is 19.7 Å². The molecule has 1 N–H and O–H groups in total. The number of esters is 1. The van der Waals surface area contributed by atoms with Gasteiger partial charge in [0, 0.05) is 36.8 Å². The fourth-order valence-corrected chi connectivity index (χ4v) is 4.18. The second-order valence-electron chi connectivity index (χ2n) is 9.24. The van der Waals surface area contributed by atoms with Crippen LogP contribution >= 0.6 is 0 Å².